The third-order valence-electron chi connectivity index (χ3n) is 3.31. The maximum absolute atomic E-state index is 3.60. The fraction of sp³-hybridized carbons (Fsp3) is 0.571. The van der Waals surface area contributed by atoms with Crippen molar-refractivity contribution in [1.82, 2.24) is 5.32 Å². The van der Waals surface area contributed by atoms with Gasteiger partial charge in [0, 0.05) is 21.3 Å². The van der Waals surface area contributed by atoms with Crippen molar-refractivity contribution in [2.75, 3.05) is 11.9 Å². The highest BCUT2D eigenvalue weighted by molar-refractivity contribution is 14.1. The normalized spacial score (nSPS) is 22.1. The van der Waals surface area contributed by atoms with Gasteiger partial charge in [-0.15, -0.1) is 0 Å². The number of anilines is 1. The van der Waals surface area contributed by atoms with E-state index in [0.29, 0.717) is 12.1 Å². The lowest BCUT2D eigenvalue weighted by Crippen LogP contribution is -2.37. The molecule has 1 heterocycles. The number of halogens is 1. The van der Waals surface area contributed by atoms with E-state index in [9.17, 15) is 0 Å². The number of hydrogen-bond donors (Lipinski definition) is 2. The minimum Gasteiger partial charge on any atom is -0.383 e. The highest BCUT2D eigenvalue weighted by Crippen LogP contribution is 2.16. The third kappa shape index (κ3) is 4.47. The molecule has 1 aliphatic heterocycles. The summed E-state index contributed by atoms with van der Waals surface area (Å²) in [4.78, 5) is 0. The molecule has 0 aromatic heterocycles. The van der Waals surface area contributed by atoms with Crippen LogP contribution in [0.5, 0.6) is 0 Å². The summed E-state index contributed by atoms with van der Waals surface area (Å²) in [5.74, 6) is 0. The predicted octanol–water partition coefficient (Wildman–Crippen LogP) is 3.62. The van der Waals surface area contributed by atoms with Gasteiger partial charge in [-0.2, -0.15) is 0 Å². The molecule has 0 spiro atoms. The zero-order valence-electron chi connectivity index (χ0n) is 10.4. The van der Waals surface area contributed by atoms with Gasteiger partial charge in [0.15, 0.2) is 0 Å². The van der Waals surface area contributed by atoms with E-state index in [0.717, 1.165) is 0 Å². The maximum atomic E-state index is 3.60. The smallest absolute Gasteiger partial charge is 0.0342 e. The average molecular weight is 344 g/mol. The largest absolute Gasteiger partial charge is 0.383 e. The molecule has 0 bridgehead atoms. The first kappa shape index (κ1) is 13.1. The van der Waals surface area contributed by atoms with Gasteiger partial charge in [-0.3, -0.25) is 0 Å². The second kappa shape index (κ2) is 6.59. The van der Waals surface area contributed by atoms with Gasteiger partial charge in [-0.05, 0) is 79.6 Å². The van der Waals surface area contributed by atoms with Crippen LogP contribution < -0.4 is 10.6 Å². The molecule has 0 saturated carbocycles. The van der Waals surface area contributed by atoms with Gasteiger partial charge in [0.2, 0.25) is 0 Å². The van der Waals surface area contributed by atoms with Gasteiger partial charge in [-0.1, -0.05) is 6.42 Å². The Balaban J connectivity index is 1.79. The Morgan fingerprint density at radius 2 is 2.12 bits per heavy atom. The predicted molar refractivity (Wildman–Crippen MR) is 82.5 cm³/mol. The lowest BCUT2D eigenvalue weighted by Gasteiger charge is -2.27. The highest BCUT2D eigenvalue weighted by atomic mass is 127. The Labute approximate surface area is 118 Å². The molecule has 0 aliphatic carbocycles. The van der Waals surface area contributed by atoms with E-state index in [2.05, 4.69) is 64.4 Å². The minimum absolute atomic E-state index is 0.533. The monoisotopic (exact) mass is 344 g/mol. The van der Waals surface area contributed by atoms with Crippen molar-refractivity contribution >= 4 is 28.3 Å². The molecule has 0 radical (unpaired) electrons. The first-order valence-corrected chi connectivity index (χ1v) is 7.57. The SMILES string of the molecule is CC(CC1CCCCN1)Nc1ccc(I)cc1. The molecule has 1 aromatic rings. The van der Waals surface area contributed by atoms with Crippen molar-refractivity contribution < 1.29 is 0 Å². The fourth-order valence-corrected chi connectivity index (χ4v) is 2.80. The quantitative estimate of drug-likeness (QED) is 0.816. The van der Waals surface area contributed by atoms with Gasteiger partial charge in [0.25, 0.3) is 0 Å². The lowest BCUT2D eigenvalue weighted by atomic mass is 9.99. The summed E-state index contributed by atoms with van der Waals surface area (Å²) < 4.78 is 1.29. The lowest BCUT2D eigenvalue weighted by molar-refractivity contribution is 0.371. The van der Waals surface area contributed by atoms with E-state index >= 15 is 0 Å². The molecule has 1 aliphatic rings. The Kier molecular flexibility index (Phi) is 5.10. The topological polar surface area (TPSA) is 24.1 Å². The zero-order chi connectivity index (χ0) is 12.1. The molecular weight excluding hydrogens is 323 g/mol. The maximum Gasteiger partial charge on any atom is 0.0342 e. The summed E-state index contributed by atoms with van der Waals surface area (Å²) in [5, 5.41) is 7.18. The number of nitrogens with one attached hydrogen (secondary N) is 2. The molecule has 94 valence electrons. The van der Waals surface area contributed by atoms with Crippen molar-refractivity contribution in [2.45, 2.75) is 44.7 Å². The number of piperidine rings is 1. The highest BCUT2D eigenvalue weighted by Gasteiger charge is 2.15. The Bertz CT molecular complexity index is 331. The molecule has 3 heteroatoms. The molecular formula is C14H21IN2. The molecule has 1 fully saturated rings. The van der Waals surface area contributed by atoms with Gasteiger partial charge < -0.3 is 10.6 Å². The van der Waals surface area contributed by atoms with Gasteiger partial charge in [0.1, 0.15) is 0 Å². The van der Waals surface area contributed by atoms with Crippen LogP contribution in [0, 0.1) is 3.57 Å². The van der Waals surface area contributed by atoms with Crippen molar-refractivity contribution in [3.05, 3.63) is 27.8 Å². The number of rotatable bonds is 4. The Hall–Kier alpha value is -0.290. The molecule has 2 unspecified atom stereocenters. The molecule has 2 nitrogen and oxygen atoms in total. The molecule has 1 saturated heterocycles. The van der Waals surface area contributed by atoms with E-state index in [4.69, 9.17) is 0 Å². The fourth-order valence-electron chi connectivity index (χ4n) is 2.44. The number of hydrogen-bond acceptors (Lipinski definition) is 2. The van der Waals surface area contributed by atoms with Crippen LogP contribution in [-0.4, -0.2) is 18.6 Å². The van der Waals surface area contributed by atoms with Crippen LogP contribution in [0.15, 0.2) is 24.3 Å². The van der Waals surface area contributed by atoms with E-state index in [1.807, 2.05) is 0 Å². The van der Waals surface area contributed by atoms with Crippen LogP contribution in [-0.2, 0) is 0 Å². The molecule has 2 atom stereocenters. The first-order chi connectivity index (χ1) is 8.24. The van der Waals surface area contributed by atoms with E-state index in [1.165, 1.54) is 41.5 Å². The van der Waals surface area contributed by atoms with Crippen LogP contribution in [0.1, 0.15) is 32.6 Å². The Morgan fingerprint density at radius 3 is 2.76 bits per heavy atom. The van der Waals surface area contributed by atoms with E-state index < -0.39 is 0 Å². The minimum atomic E-state index is 0.533. The molecule has 0 amide bonds. The van der Waals surface area contributed by atoms with Crippen LogP contribution in [0.3, 0.4) is 0 Å². The van der Waals surface area contributed by atoms with Gasteiger partial charge in [-0.25, -0.2) is 0 Å². The average Bonchev–Trinajstić information content (AvgIpc) is 2.33. The van der Waals surface area contributed by atoms with Crippen molar-refractivity contribution in [3.63, 3.8) is 0 Å². The van der Waals surface area contributed by atoms with E-state index in [-0.39, 0.29) is 0 Å². The summed E-state index contributed by atoms with van der Waals surface area (Å²) in [6.07, 6.45) is 5.27. The zero-order valence-corrected chi connectivity index (χ0v) is 12.5. The van der Waals surface area contributed by atoms with Gasteiger partial charge >= 0.3 is 0 Å². The summed E-state index contributed by atoms with van der Waals surface area (Å²) in [5.41, 5.74) is 1.23. The Morgan fingerprint density at radius 1 is 1.35 bits per heavy atom. The van der Waals surface area contributed by atoms with Crippen molar-refractivity contribution in [2.24, 2.45) is 0 Å². The molecule has 2 rings (SSSR count). The first-order valence-electron chi connectivity index (χ1n) is 6.49. The molecule has 1 aromatic carbocycles. The molecule has 2 N–H and O–H groups in total. The second-order valence-corrected chi connectivity index (χ2v) is 6.18. The van der Waals surface area contributed by atoms with Crippen molar-refractivity contribution in [3.8, 4) is 0 Å². The van der Waals surface area contributed by atoms with Crippen LogP contribution in [0.25, 0.3) is 0 Å². The van der Waals surface area contributed by atoms with E-state index in [1.54, 1.807) is 0 Å². The summed E-state index contributed by atoms with van der Waals surface area (Å²) in [6.45, 7) is 3.47. The number of benzene rings is 1. The standard InChI is InChI=1S/C14H21IN2/c1-11(10-14-4-2-3-9-16-14)17-13-7-5-12(15)6-8-13/h5-8,11,14,16-17H,2-4,9-10H2,1H3. The van der Waals surface area contributed by atoms with Crippen LogP contribution >= 0.6 is 22.6 Å². The third-order valence-corrected chi connectivity index (χ3v) is 4.03. The van der Waals surface area contributed by atoms with Gasteiger partial charge in [0.05, 0.1) is 0 Å². The van der Waals surface area contributed by atoms with Crippen molar-refractivity contribution in [1.29, 1.82) is 0 Å². The second-order valence-electron chi connectivity index (χ2n) is 4.93. The molecule has 17 heavy (non-hydrogen) atoms. The summed E-state index contributed by atoms with van der Waals surface area (Å²) in [6, 6.07) is 9.85. The van der Waals surface area contributed by atoms with Crippen LogP contribution in [0.2, 0.25) is 0 Å². The van der Waals surface area contributed by atoms with Crippen LogP contribution in [0.4, 0.5) is 5.69 Å². The summed E-state index contributed by atoms with van der Waals surface area (Å²) in [7, 11) is 0. The summed E-state index contributed by atoms with van der Waals surface area (Å²) >= 11 is 2.34.